The zero-order chi connectivity index (χ0) is 12.2. The van der Waals surface area contributed by atoms with Crippen LogP contribution in [-0.4, -0.2) is 12.1 Å². The second-order valence-corrected chi connectivity index (χ2v) is 4.24. The largest absolute Gasteiger partial charge is 0.462 e. The molecule has 0 aliphatic carbocycles. The van der Waals surface area contributed by atoms with Crippen LogP contribution in [0.15, 0.2) is 12.7 Å². The normalized spacial score (nSPS) is 12.1. The minimum atomic E-state index is -0.0450. The number of ether oxygens (including phenoxy) is 1. The van der Waals surface area contributed by atoms with E-state index >= 15 is 0 Å². The van der Waals surface area contributed by atoms with E-state index in [1.54, 1.807) is 0 Å². The molecule has 0 saturated carbocycles. The van der Waals surface area contributed by atoms with Crippen LogP contribution >= 0.6 is 0 Å². The first-order valence-corrected chi connectivity index (χ1v) is 6.54. The van der Waals surface area contributed by atoms with E-state index in [1.807, 2.05) is 6.08 Å². The van der Waals surface area contributed by atoms with Gasteiger partial charge in [-0.15, -0.1) is 6.58 Å². The Morgan fingerprint density at radius 2 is 1.94 bits per heavy atom. The lowest BCUT2D eigenvalue weighted by atomic mass is 10.1. The third-order valence-electron chi connectivity index (χ3n) is 2.59. The van der Waals surface area contributed by atoms with Gasteiger partial charge in [0.1, 0.15) is 6.10 Å². The molecule has 0 amide bonds. The Bertz CT molecular complexity index is 187. The van der Waals surface area contributed by atoms with Crippen molar-refractivity contribution in [1.82, 2.24) is 0 Å². The summed E-state index contributed by atoms with van der Waals surface area (Å²) in [6.07, 6.45) is 9.63. The summed E-state index contributed by atoms with van der Waals surface area (Å²) in [7, 11) is 0. The Hall–Kier alpha value is -0.790. The molecule has 0 aliphatic heterocycles. The first kappa shape index (κ1) is 15.2. The Morgan fingerprint density at radius 3 is 2.50 bits per heavy atom. The molecule has 1 unspecified atom stereocenters. The number of carbonyl (C=O) groups excluding carboxylic acids is 1. The summed E-state index contributed by atoms with van der Waals surface area (Å²) in [5.41, 5.74) is 0. The standard InChI is InChI=1S/C14H26O2/c1-4-7-9-12-14(15)16-13(10-6-3)11-8-5-2/h6,13H,3-5,7-12H2,1-2H3. The second kappa shape index (κ2) is 10.7. The molecular weight excluding hydrogens is 200 g/mol. The lowest BCUT2D eigenvalue weighted by molar-refractivity contribution is -0.149. The molecule has 0 aromatic heterocycles. The molecule has 2 heteroatoms. The van der Waals surface area contributed by atoms with Gasteiger partial charge in [-0.25, -0.2) is 0 Å². The first-order valence-electron chi connectivity index (χ1n) is 6.54. The lowest BCUT2D eigenvalue weighted by Gasteiger charge is -2.15. The van der Waals surface area contributed by atoms with E-state index in [1.165, 1.54) is 0 Å². The minimum Gasteiger partial charge on any atom is -0.462 e. The third-order valence-corrected chi connectivity index (χ3v) is 2.59. The van der Waals surface area contributed by atoms with Crippen molar-refractivity contribution >= 4 is 5.97 Å². The van der Waals surface area contributed by atoms with Crippen molar-refractivity contribution in [2.24, 2.45) is 0 Å². The number of hydrogen-bond acceptors (Lipinski definition) is 2. The van der Waals surface area contributed by atoms with Crippen LogP contribution in [0.2, 0.25) is 0 Å². The van der Waals surface area contributed by atoms with Crippen LogP contribution in [0, 0.1) is 0 Å². The summed E-state index contributed by atoms with van der Waals surface area (Å²) in [6.45, 7) is 7.98. The highest BCUT2D eigenvalue weighted by atomic mass is 16.5. The first-order chi connectivity index (χ1) is 7.74. The van der Waals surface area contributed by atoms with Gasteiger partial charge in [0.25, 0.3) is 0 Å². The van der Waals surface area contributed by atoms with Crippen LogP contribution < -0.4 is 0 Å². The number of hydrogen-bond donors (Lipinski definition) is 0. The Labute approximate surface area is 100 Å². The van der Waals surface area contributed by atoms with Crippen molar-refractivity contribution in [2.45, 2.75) is 71.3 Å². The lowest BCUT2D eigenvalue weighted by Crippen LogP contribution is -2.17. The SMILES string of the molecule is C=CCC(CCCC)OC(=O)CCCCC. The molecule has 0 aliphatic rings. The summed E-state index contributed by atoms with van der Waals surface area (Å²) in [6, 6.07) is 0. The molecule has 94 valence electrons. The van der Waals surface area contributed by atoms with Crippen LogP contribution in [0.25, 0.3) is 0 Å². The average Bonchev–Trinajstić information content (AvgIpc) is 2.26. The van der Waals surface area contributed by atoms with Crippen LogP contribution in [-0.2, 0) is 9.53 Å². The van der Waals surface area contributed by atoms with Crippen molar-refractivity contribution in [3.05, 3.63) is 12.7 Å². The van der Waals surface area contributed by atoms with Gasteiger partial charge in [0, 0.05) is 12.8 Å². The van der Waals surface area contributed by atoms with Gasteiger partial charge in [0.05, 0.1) is 0 Å². The van der Waals surface area contributed by atoms with Gasteiger partial charge in [0.2, 0.25) is 0 Å². The summed E-state index contributed by atoms with van der Waals surface area (Å²) in [4.78, 5) is 11.5. The van der Waals surface area contributed by atoms with Crippen molar-refractivity contribution in [1.29, 1.82) is 0 Å². The summed E-state index contributed by atoms with van der Waals surface area (Å²) >= 11 is 0. The molecule has 0 radical (unpaired) electrons. The van der Waals surface area contributed by atoms with Gasteiger partial charge in [-0.05, 0) is 12.8 Å². The fourth-order valence-electron chi connectivity index (χ4n) is 1.61. The number of rotatable bonds is 10. The quantitative estimate of drug-likeness (QED) is 0.316. The topological polar surface area (TPSA) is 26.3 Å². The van der Waals surface area contributed by atoms with Gasteiger partial charge >= 0.3 is 5.97 Å². The summed E-state index contributed by atoms with van der Waals surface area (Å²) in [5, 5.41) is 0. The van der Waals surface area contributed by atoms with Crippen molar-refractivity contribution in [2.75, 3.05) is 0 Å². The monoisotopic (exact) mass is 226 g/mol. The predicted molar refractivity (Wildman–Crippen MR) is 68.4 cm³/mol. The summed E-state index contributed by atoms with van der Waals surface area (Å²) < 4.78 is 5.43. The maximum atomic E-state index is 11.5. The van der Waals surface area contributed by atoms with Crippen LogP contribution in [0.1, 0.15) is 65.2 Å². The molecule has 1 atom stereocenters. The van der Waals surface area contributed by atoms with Crippen LogP contribution in [0.3, 0.4) is 0 Å². The van der Waals surface area contributed by atoms with Crippen molar-refractivity contribution in [3.8, 4) is 0 Å². The second-order valence-electron chi connectivity index (χ2n) is 4.24. The highest BCUT2D eigenvalue weighted by molar-refractivity contribution is 5.69. The maximum Gasteiger partial charge on any atom is 0.306 e. The smallest absolute Gasteiger partial charge is 0.306 e. The molecule has 0 saturated heterocycles. The zero-order valence-corrected chi connectivity index (χ0v) is 10.8. The molecular formula is C14H26O2. The molecule has 0 spiro atoms. The highest BCUT2D eigenvalue weighted by Crippen LogP contribution is 2.11. The minimum absolute atomic E-state index is 0.0450. The molecule has 0 bridgehead atoms. The number of carbonyl (C=O) groups is 1. The fraction of sp³-hybridized carbons (Fsp3) is 0.786. The molecule has 0 aromatic carbocycles. The van der Waals surface area contributed by atoms with Gasteiger partial charge in [-0.3, -0.25) is 4.79 Å². The van der Waals surface area contributed by atoms with E-state index in [-0.39, 0.29) is 12.1 Å². The molecule has 0 aromatic rings. The Balaban J connectivity index is 3.78. The maximum absolute atomic E-state index is 11.5. The Kier molecular flexibility index (Phi) is 10.2. The molecule has 0 N–H and O–H groups in total. The Morgan fingerprint density at radius 1 is 1.25 bits per heavy atom. The van der Waals surface area contributed by atoms with Gasteiger partial charge in [-0.2, -0.15) is 0 Å². The summed E-state index contributed by atoms with van der Waals surface area (Å²) in [5.74, 6) is -0.0450. The van der Waals surface area contributed by atoms with E-state index in [0.717, 1.165) is 44.9 Å². The van der Waals surface area contributed by atoms with Crippen LogP contribution in [0.5, 0.6) is 0 Å². The molecule has 2 nitrogen and oxygen atoms in total. The molecule has 16 heavy (non-hydrogen) atoms. The van der Waals surface area contributed by atoms with Gasteiger partial charge in [0.15, 0.2) is 0 Å². The molecule has 0 rings (SSSR count). The van der Waals surface area contributed by atoms with Crippen molar-refractivity contribution in [3.63, 3.8) is 0 Å². The number of unbranched alkanes of at least 4 members (excludes halogenated alkanes) is 3. The predicted octanol–water partition coefficient (Wildman–Crippen LogP) is 4.24. The van der Waals surface area contributed by atoms with E-state index < -0.39 is 0 Å². The zero-order valence-electron chi connectivity index (χ0n) is 10.8. The fourth-order valence-corrected chi connectivity index (χ4v) is 1.61. The van der Waals surface area contributed by atoms with E-state index in [2.05, 4.69) is 20.4 Å². The van der Waals surface area contributed by atoms with Crippen molar-refractivity contribution < 1.29 is 9.53 Å². The highest BCUT2D eigenvalue weighted by Gasteiger charge is 2.11. The van der Waals surface area contributed by atoms with E-state index in [4.69, 9.17) is 4.74 Å². The molecule has 0 heterocycles. The van der Waals surface area contributed by atoms with Gasteiger partial charge < -0.3 is 4.74 Å². The van der Waals surface area contributed by atoms with E-state index in [0.29, 0.717) is 6.42 Å². The number of esters is 1. The third kappa shape index (κ3) is 8.51. The average molecular weight is 226 g/mol. The van der Waals surface area contributed by atoms with Crippen LogP contribution in [0.4, 0.5) is 0 Å². The van der Waals surface area contributed by atoms with Gasteiger partial charge in [-0.1, -0.05) is 45.6 Å². The molecule has 0 fully saturated rings. The van der Waals surface area contributed by atoms with E-state index in [9.17, 15) is 4.79 Å².